The molecule has 0 bridgehead atoms. The fourth-order valence-corrected chi connectivity index (χ4v) is 3.69. The predicted molar refractivity (Wildman–Crippen MR) is 79.4 cm³/mol. The van der Waals surface area contributed by atoms with Crippen LogP contribution in [0.3, 0.4) is 0 Å². The third-order valence-electron chi connectivity index (χ3n) is 3.12. The van der Waals surface area contributed by atoms with Crippen molar-refractivity contribution in [1.29, 1.82) is 0 Å². The molecule has 0 saturated carbocycles. The number of nitrogens with zero attached hydrogens (tertiary/aromatic N) is 2. The van der Waals surface area contributed by atoms with Gasteiger partial charge in [0.2, 0.25) is 5.91 Å². The van der Waals surface area contributed by atoms with Gasteiger partial charge in [0, 0.05) is 6.54 Å². The number of amides is 1. The summed E-state index contributed by atoms with van der Waals surface area (Å²) in [5, 5.41) is 10.6. The Morgan fingerprint density at radius 2 is 2.47 bits per heavy atom. The van der Waals surface area contributed by atoms with E-state index in [1.165, 1.54) is 54.4 Å². The summed E-state index contributed by atoms with van der Waals surface area (Å²) in [6.07, 6.45) is 8.32. The number of carbonyl (C=O) groups is 1. The fourth-order valence-electron chi connectivity index (χ4n) is 2.04. The molecule has 0 radical (unpaired) electrons. The van der Waals surface area contributed by atoms with Gasteiger partial charge in [-0.25, -0.2) is 0 Å². The van der Waals surface area contributed by atoms with Crippen molar-refractivity contribution in [2.75, 3.05) is 6.54 Å². The minimum absolute atomic E-state index is 0.0802. The SMILES string of the molecule is C[C@H](Sc1nncs1)C(=O)NCCC1=CCCCC1. The summed E-state index contributed by atoms with van der Waals surface area (Å²) in [7, 11) is 0. The van der Waals surface area contributed by atoms with Crippen LogP contribution in [0, 0.1) is 0 Å². The molecule has 1 aromatic heterocycles. The highest BCUT2D eigenvalue weighted by atomic mass is 32.2. The molecule has 1 aromatic rings. The Morgan fingerprint density at radius 3 is 3.16 bits per heavy atom. The molecule has 1 amide bonds. The Balaban J connectivity index is 1.67. The third kappa shape index (κ3) is 4.95. The second kappa shape index (κ2) is 7.65. The minimum Gasteiger partial charge on any atom is -0.355 e. The number of hydrogen-bond acceptors (Lipinski definition) is 5. The number of hydrogen-bond donors (Lipinski definition) is 1. The van der Waals surface area contributed by atoms with E-state index in [-0.39, 0.29) is 11.2 Å². The van der Waals surface area contributed by atoms with Crippen molar-refractivity contribution in [3.63, 3.8) is 0 Å². The van der Waals surface area contributed by atoms with E-state index in [1.807, 2.05) is 6.92 Å². The fraction of sp³-hybridized carbons (Fsp3) is 0.615. The molecule has 6 heteroatoms. The van der Waals surface area contributed by atoms with E-state index in [0.717, 1.165) is 17.3 Å². The second-order valence-corrected chi connectivity index (χ2v) is 7.04. The molecule has 0 aliphatic heterocycles. The van der Waals surface area contributed by atoms with Crippen LogP contribution in [0.4, 0.5) is 0 Å². The van der Waals surface area contributed by atoms with Gasteiger partial charge in [-0.2, -0.15) is 0 Å². The lowest BCUT2D eigenvalue weighted by molar-refractivity contribution is -0.120. The first-order valence-corrected chi connectivity index (χ1v) is 8.40. The molecule has 19 heavy (non-hydrogen) atoms. The molecule has 0 aromatic carbocycles. The smallest absolute Gasteiger partial charge is 0.233 e. The van der Waals surface area contributed by atoms with Gasteiger partial charge < -0.3 is 5.32 Å². The lowest BCUT2D eigenvalue weighted by Crippen LogP contribution is -2.31. The highest BCUT2D eigenvalue weighted by Gasteiger charge is 2.15. The zero-order valence-corrected chi connectivity index (χ0v) is 12.7. The van der Waals surface area contributed by atoms with Crippen LogP contribution in [0.5, 0.6) is 0 Å². The lowest BCUT2D eigenvalue weighted by atomic mass is 9.97. The zero-order chi connectivity index (χ0) is 13.5. The van der Waals surface area contributed by atoms with Crippen LogP contribution in [-0.2, 0) is 4.79 Å². The van der Waals surface area contributed by atoms with Crippen LogP contribution in [0.2, 0.25) is 0 Å². The molecular formula is C13H19N3OS2. The van der Waals surface area contributed by atoms with Gasteiger partial charge in [0.1, 0.15) is 5.51 Å². The van der Waals surface area contributed by atoms with Crippen LogP contribution in [0.25, 0.3) is 0 Å². The molecule has 0 unspecified atom stereocenters. The van der Waals surface area contributed by atoms with E-state index < -0.39 is 0 Å². The summed E-state index contributed by atoms with van der Waals surface area (Å²) in [5.74, 6) is 0.0802. The monoisotopic (exact) mass is 297 g/mol. The Hall–Kier alpha value is -0.880. The number of allylic oxidation sites excluding steroid dienone is 1. The molecule has 0 fully saturated rings. The Bertz CT molecular complexity index is 431. The molecule has 0 spiro atoms. The number of thioether (sulfide) groups is 1. The van der Waals surface area contributed by atoms with E-state index in [2.05, 4.69) is 21.6 Å². The van der Waals surface area contributed by atoms with E-state index in [4.69, 9.17) is 0 Å². The van der Waals surface area contributed by atoms with E-state index in [1.54, 1.807) is 5.51 Å². The van der Waals surface area contributed by atoms with Gasteiger partial charge in [0.25, 0.3) is 0 Å². The summed E-state index contributed by atoms with van der Waals surface area (Å²) in [4.78, 5) is 11.9. The molecule has 0 saturated heterocycles. The molecule has 2 rings (SSSR count). The van der Waals surface area contributed by atoms with Crippen LogP contribution in [0.1, 0.15) is 39.0 Å². The molecule has 1 N–H and O–H groups in total. The summed E-state index contributed by atoms with van der Waals surface area (Å²) in [6.45, 7) is 2.65. The molecule has 1 atom stereocenters. The minimum atomic E-state index is -0.117. The number of aromatic nitrogens is 2. The summed E-state index contributed by atoms with van der Waals surface area (Å²) < 4.78 is 0.845. The molecular weight excluding hydrogens is 278 g/mol. The maximum atomic E-state index is 11.9. The van der Waals surface area contributed by atoms with Crippen molar-refractivity contribution in [3.05, 3.63) is 17.2 Å². The predicted octanol–water partition coefficient (Wildman–Crippen LogP) is 3.03. The zero-order valence-electron chi connectivity index (χ0n) is 11.1. The van der Waals surface area contributed by atoms with E-state index in [9.17, 15) is 4.79 Å². The number of nitrogens with one attached hydrogen (secondary N) is 1. The lowest BCUT2D eigenvalue weighted by Gasteiger charge is -2.14. The van der Waals surface area contributed by atoms with Crippen LogP contribution < -0.4 is 5.32 Å². The molecule has 4 nitrogen and oxygen atoms in total. The van der Waals surface area contributed by atoms with Gasteiger partial charge in [-0.05, 0) is 39.0 Å². The molecule has 104 valence electrons. The average molecular weight is 297 g/mol. The Morgan fingerprint density at radius 1 is 1.58 bits per heavy atom. The standard InChI is InChI=1S/C13H19N3OS2/c1-10(19-13-16-15-9-18-13)12(17)14-8-7-11-5-3-2-4-6-11/h5,9-10H,2-4,6-8H2,1H3,(H,14,17)/t10-/m0/s1. The van der Waals surface area contributed by atoms with Crippen molar-refractivity contribution < 1.29 is 4.79 Å². The van der Waals surface area contributed by atoms with E-state index in [0.29, 0.717) is 0 Å². The highest BCUT2D eigenvalue weighted by molar-refractivity contribution is 8.02. The summed E-state index contributed by atoms with van der Waals surface area (Å²) >= 11 is 2.93. The average Bonchev–Trinajstić information content (AvgIpc) is 2.92. The van der Waals surface area contributed by atoms with Gasteiger partial charge in [0.15, 0.2) is 4.34 Å². The second-order valence-electron chi connectivity index (χ2n) is 4.61. The van der Waals surface area contributed by atoms with E-state index >= 15 is 0 Å². The number of carbonyl (C=O) groups excluding carboxylic acids is 1. The first kappa shape index (κ1) is 14.5. The van der Waals surface area contributed by atoms with Gasteiger partial charge in [-0.3, -0.25) is 4.79 Å². The molecule has 1 aliphatic carbocycles. The van der Waals surface area contributed by atoms with Crippen molar-refractivity contribution >= 4 is 29.0 Å². The number of rotatable bonds is 6. The van der Waals surface area contributed by atoms with Crippen molar-refractivity contribution in [2.45, 2.75) is 48.6 Å². The summed E-state index contributed by atoms with van der Waals surface area (Å²) in [6, 6.07) is 0. The highest BCUT2D eigenvalue weighted by Crippen LogP contribution is 2.24. The summed E-state index contributed by atoms with van der Waals surface area (Å²) in [5.41, 5.74) is 3.18. The van der Waals surface area contributed by atoms with Crippen LogP contribution >= 0.6 is 23.1 Å². The maximum Gasteiger partial charge on any atom is 0.233 e. The Kier molecular flexibility index (Phi) is 5.85. The maximum absolute atomic E-state index is 11.9. The van der Waals surface area contributed by atoms with Gasteiger partial charge in [-0.1, -0.05) is 34.7 Å². The van der Waals surface area contributed by atoms with Crippen molar-refractivity contribution in [3.8, 4) is 0 Å². The van der Waals surface area contributed by atoms with Gasteiger partial charge >= 0.3 is 0 Å². The normalized spacial score (nSPS) is 16.8. The third-order valence-corrected chi connectivity index (χ3v) is 5.03. The quantitative estimate of drug-likeness (QED) is 0.648. The molecule has 1 heterocycles. The molecule has 1 aliphatic rings. The van der Waals surface area contributed by atoms with Crippen LogP contribution in [-0.4, -0.2) is 27.9 Å². The van der Waals surface area contributed by atoms with Gasteiger partial charge in [0.05, 0.1) is 5.25 Å². The van der Waals surface area contributed by atoms with Crippen LogP contribution in [0.15, 0.2) is 21.5 Å². The Labute approximate surface area is 122 Å². The van der Waals surface area contributed by atoms with Gasteiger partial charge in [-0.15, -0.1) is 10.2 Å². The topological polar surface area (TPSA) is 54.9 Å². The van der Waals surface area contributed by atoms with Crippen molar-refractivity contribution in [2.24, 2.45) is 0 Å². The largest absolute Gasteiger partial charge is 0.355 e. The van der Waals surface area contributed by atoms with Crippen molar-refractivity contribution in [1.82, 2.24) is 15.5 Å². The first-order valence-electron chi connectivity index (χ1n) is 6.64. The first-order chi connectivity index (χ1) is 9.25.